The number of carbonyl (C=O) groups excluding carboxylic acids is 3. The molecule has 3 aliphatic rings. The fourth-order valence-corrected chi connectivity index (χ4v) is 7.58. The molecule has 1 atom stereocenters. The van der Waals surface area contributed by atoms with Crippen molar-refractivity contribution in [3.8, 4) is 5.75 Å². The van der Waals surface area contributed by atoms with Gasteiger partial charge in [-0.25, -0.2) is 4.79 Å². The van der Waals surface area contributed by atoms with Crippen LogP contribution in [0, 0.1) is 0 Å². The minimum atomic E-state index is -0.928. The number of ether oxygens (including phenoxy) is 1. The first-order valence-corrected chi connectivity index (χ1v) is 18.4. The van der Waals surface area contributed by atoms with E-state index in [0.29, 0.717) is 69.7 Å². The van der Waals surface area contributed by atoms with Gasteiger partial charge in [-0.05, 0) is 74.9 Å². The molecule has 4 amide bonds. The largest absolute Gasteiger partial charge is 0.489 e. The van der Waals surface area contributed by atoms with Gasteiger partial charge in [0.15, 0.2) is 0 Å². The number of likely N-dealkylation sites (tertiary alicyclic amines) is 3. The van der Waals surface area contributed by atoms with Crippen LogP contribution < -0.4 is 21.3 Å². The van der Waals surface area contributed by atoms with Gasteiger partial charge in [0.2, 0.25) is 12.3 Å². The van der Waals surface area contributed by atoms with Crippen molar-refractivity contribution in [1.82, 2.24) is 29.5 Å². The molecule has 3 fully saturated rings. The molecule has 12 heteroatoms. The lowest BCUT2D eigenvalue weighted by Gasteiger charge is -2.41. The first-order chi connectivity index (χ1) is 24.9. The average molecular weight is 698 g/mol. The number of amides is 4. The molecule has 0 aliphatic carbocycles. The normalized spacial score (nSPS) is 18.2. The number of nitrogen functional groups attached to an aromatic ring is 1. The number of nitrogens with zero attached hydrogens (tertiary/aromatic N) is 5. The maximum absolute atomic E-state index is 14.1. The number of pyridine rings is 1. The lowest BCUT2D eigenvalue weighted by Crippen LogP contribution is -2.58. The van der Waals surface area contributed by atoms with Crippen molar-refractivity contribution in [2.24, 2.45) is 0 Å². The molecule has 1 aromatic heterocycles. The molecule has 2 aromatic carbocycles. The summed E-state index contributed by atoms with van der Waals surface area (Å²) in [6.07, 6.45) is 9.21. The molecule has 0 radical (unpaired) electrons. The van der Waals surface area contributed by atoms with Gasteiger partial charge in [-0.2, -0.15) is 0 Å². The molecule has 51 heavy (non-hydrogen) atoms. The predicted molar refractivity (Wildman–Crippen MR) is 196 cm³/mol. The van der Waals surface area contributed by atoms with Gasteiger partial charge < -0.3 is 40.0 Å². The van der Waals surface area contributed by atoms with Gasteiger partial charge in [0.05, 0.1) is 6.54 Å². The van der Waals surface area contributed by atoms with Gasteiger partial charge in [-0.3, -0.25) is 14.4 Å². The third kappa shape index (κ3) is 9.49. The molecular weight excluding hydrogens is 646 g/mol. The van der Waals surface area contributed by atoms with Gasteiger partial charge in [0, 0.05) is 62.8 Å². The van der Waals surface area contributed by atoms with Crippen LogP contribution in [-0.4, -0.2) is 99.9 Å². The summed E-state index contributed by atoms with van der Waals surface area (Å²) in [6.45, 7) is 5.07. The number of hydrogen-bond acceptors (Lipinski definition) is 7. The van der Waals surface area contributed by atoms with Gasteiger partial charge in [0.1, 0.15) is 18.4 Å². The Morgan fingerprint density at radius 1 is 0.882 bits per heavy atom. The Balaban J connectivity index is 1.10. The van der Waals surface area contributed by atoms with Gasteiger partial charge in [-0.1, -0.05) is 55.0 Å². The van der Waals surface area contributed by atoms with Crippen LogP contribution in [0.25, 0.3) is 0 Å². The summed E-state index contributed by atoms with van der Waals surface area (Å²) in [5.41, 5.74) is 8.32. The van der Waals surface area contributed by atoms with Crippen LogP contribution in [0.2, 0.25) is 0 Å². The van der Waals surface area contributed by atoms with Crippen molar-refractivity contribution in [3.05, 3.63) is 94.4 Å². The fraction of sp³-hybridized carbons (Fsp3) is 0.487. The molecule has 0 saturated carbocycles. The van der Waals surface area contributed by atoms with Crippen LogP contribution in [0.4, 0.5) is 10.5 Å². The zero-order valence-corrected chi connectivity index (χ0v) is 29.4. The predicted octanol–water partition coefficient (Wildman–Crippen LogP) is 3.69. The smallest absolute Gasteiger partial charge is 0.318 e. The summed E-state index contributed by atoms with van der Waals surface area (Å²) >= 11 is 0. The number of piperidine rings is 3. The lowest BCUT2D eigenvalue weighted by atomic mass is 9.99. The first kappa shape index (κ1) is 36.0. The van der Waals surface area contributed by atoms with E-state index in [4.69, 9.17) is 10.5 Å². The molecule has 12 nitrogen and oxygen atoms in total. The standard InChI is InChI=1S/C39H51N7O5/c40-35-12-6-5-11-31(35)26-46(29-47)33-15-22-44(23-16-33)39(50)41-36(38(49)43-20-13-32(14-21-43)42-18-7-2-8-19-42)27-45-24-17-34(25-37(45)48)51-28-30-9-3-1-4-10-30/h1,3-6,9-12,17,24-25,29,32-33,36H,2,7-8,13-16,18-23,26-28,40H2,(H,41,50). The van der Waals surface area contributed by atoms with Gasteiger partial charge in [0.25, 0.3) is 5.56 Å². The van der Waals surface area contributed by atoms with E-state index in [0.717, 1.165) is 43.5 Å². The fourth-order valence-electron chi connectivity index (χ4n) is 7.58. The number of hydrogen-bond donors (Lipinski definition) is 2. The molecule has 3 saturated heterocycles. The third-order valence-corrected chi connectivity index (χ3v) is 10.6. The first-order valence-electron chi connectivity index (χ1n) is 18.4. The van der Waals surface area contributed by atoms with E-state index in [1.165, 1.54) is 29.9 Å². The second-order valence-electron chi connectivity index (χ2n) is 14.0. The monoisotopic (exact) mass is 697 g/mol. The number of nitrogens with one attached hydrogen (secondary N) is 1. The zero-order valence-electron chi connectivity index (χ0n) is 29.4. The van der Waals surface area contributed by atoms with Crippen molar-refractivity contribution in [1.29, 1.82) is 0 Å². The van der Waals surface area contributed by atoms with Crippen molar-refractivity contribution >= 4 is 24.0 Å². The Labute approximate surface area is 300 Å². The van der Waals surface area contributed by atoms with Gasteiger partial charge in [-0.15, -0.1) is 0 Å². The number of carbonyl (C=O) groups is 3. The minimum absolute atomic E-state index is 0.00229. The SMILES string of the molecule is Nc1ccccc1CN(C=O)C1CCN(C(=O)NC(Cn2ccc(OCc3ccccc3)cc2=O)C(=O)N2CCC(N3CCCCC3)CC2)CC1. The average Bonchev–Trinajstić information content (AvgIpc) is 3.18. The van der Waals surface area contributed by atoms with Crippen LogP contribution in [0.3, 0.4) is 0 Å². The van der Waals surface area contributed by atoms with E-state index in [9.17, 15) is 19.2 Å². The summed E-state index contributed by atoms with van der Waals surface area (Å²) in [5, 5.41) is 3.00. The number of para-hydroxylation sites is 1. The summed E-state index contributed by atoms with van der Waals surface area (Å²) in [5.74, 6) is 0.258. The number of urea groups is 1. The number of rotatable bonds is 12. The van der Waals surface area contributed by atoms with E-state index in [1.807, 2.05) is 59.5 Å². The minimum Gasteiger partial charge on any atom is -0.489 e. The number of nitrogens with two attached hydrogens (primary N) is 1. The maximum Gasteiger partial charge on any atom is 0.318 e. The summed E-state index contributed by atoms with van der Waals surface area (Å²) in [4.78, 5) is 61.0. The van der Waals surface area contributed by atoms with Crippen LogP contribution in [0.5, 0.6) is 5.75 Å². The number of anilines is 1. The highest BCUT2D eigenvalue weighted by atomic mass is 16.5. The summed E-state index contributed by atoms with van der Waals surface area (Å²) in [7, 11) is 0. The van der Waals surface area contributed by atoms with Crippen molar-refractivity contribution < 1.29 is 19.1 Å². The number of benzene rings is 2. The molecule has 3 N–H and O–H groups in total. The molecule has 3 aliphatic heterocycles. The molecule has 4 heterocycles. The lowest BCUT2D eigenvalue weighted by molar-refractivity contribution is -0.135. The second kappa shape index (κ2) is 17.4. The van der Waals surface area contributed by atoms with E-state index in [1.54, 1.807) is 22.1 Å². The van der Waals surface area contributed by atoms with E-state index in [2.05, 4.69) is 10.2 Å². The summed E-state index contributed by atoms with van der Waals surface area (Å²) < 4.78 is 7.31. The highest BCUT2D eigenvalue weighted by molar-refractivity contribution is 5.87. The summed E-state index contributed by atoms with van der Waals surface area (Å²) in [6, 6.07) is 19.5. The van der Waals surface area contributed by atoms with Crippen LogP contribution in [0.1, 0.15) is 56.1 Å². The van der Waals surface area contributed by atoms with E-state index in [-0.39, 0.29) is 30.1 Å². The topological polar surface area (TPSA) is 133 Å². The van der Waals surface area contributed by atoms with Crippen LogP contribution >= 0.6 is 0 Å². The van der Waals surface area contributed by atoms with Crippen molar-refractivity contribution in [2.75, 3.05) is 45.0 Å². The Kier molecular flexibility index (Phi) is 12.3. The molecular formula is C39H51N7O5. The Bertz CT molecular complexity index is 1660. The highest BCUT2D eigenvalue weighted by Crippen LogP contribution is 2.23. The molecule has 0 bridgehead atoms. The quantitative estimate of drug-likeness (QED) is 0.218. The number of aromatic nitrogens is 1. The third-order valence-electron chi connectivity index (χ3n) is 10.6. The molecule has 6 rings (SSSR count). The van der Waals surface area contributed by atoms with Crippen LogP contribution in [-0.2, 0) is 29.3 Å². The molecule has 0 spiro atoms. The van der Waals surface area contributed by atoms with Crippen molar-refractivity contribution in [2.45, 2.75) is 82.8 Å². The maximum atomic E-state index is 14.1. The molecule has 3 aromatic rings. The van der Waals surface area contributed by atoms with Gasteiger partial charge >= 0.3 is 6.03 Å². The Hall–Kier alpha value is -4.84. The van der Waals surface area contributed by atoms with Crippen LogP contribution in [0.15, 0.2) is 77.7 Å². The Morgan fingerprint density at radius 2 is 1.57 bits per heavy atom. The Morgan fingerprint density at radius 3 is 2.25 bits per heavy atom. The van der Waals surface area contributed by atoms with E-state index < -0.39 is 6.04 Å². The van der Waals surface area contributed by atoms with E-state index >= 15 is 0 Å². The van der Waals surface area contributed by atoms with Crippen molar-refractivity contribution in [3.63, 3.8) is 0 Å². The second-order valence-corrected chi connectivity index (χ2v) is 14.0. The molecule has 272 valence electrons. The zero-order chi connectivity index (χ0) is 35.6. The molecule has 1 unspecified atom stereocenters. The highest BCUT2D eigenvalue weighted by Gasteiger charge is 2.34.